The number of hydrogen-bond acceptors (Lipinski definition) is 5. The molecular formula is C17H14O5. The first-order chi connectivity index (χ1) is 10.7. The molecule has 5 heteroatoms. The van der Waals surface area contributed by atoms with E-state index in [9.17, 15) is 9.90 Å². The minimum atomic E-state index is -0.608. The molecule has 4 rings (SSSR count). The summed E-state index contributed by atoms with van der Waals surface area (Å²) < 4.78 is 16.6. The Morgan fingerprint density at radius 1 is 1.18 bits per heavy atom. The number of phenols is 1. The van der Waals surface area contributed by atoms with Crippen LogP contribution >= 0.6 is 0 Å². The number of phenolic OH excluding ortho intramolecular Hbond substituents is 1. The molecule has 0 aromatic heterocycles. The van der Waals surface area contributed by atoms with Crippen LogP contribution in [0.25, 0.3) is 0 Å². The van der Waals surface area contributed by atoms with Crippen molar-refractivity contribution < 1.29 is 24.1 Å². The normalized spacial score (nSPS) is 21.7. The molecule has 5 nitrogen and oxygen atoms in total. The second-order valence-electron chi connectivity index (χ2n) is 5.42. The van der Waals surface area contributed by atoms with E-state index in [1.165, 1.54) is 6.07 Å². The van der Waals surface area contributed by atoms with Gasteiger partial charge in [0.2, 0.25) is 0 Å². The van der Waals surface area contributed by atoms with E-state index < -0.39 is 6.29 Å². The van der Waals surface area contributed by atoms with Crippen molar-refractivity contribution in [3.63, 3.8) is 0 Å². The molecule has 0 amide bonds. The van der Waals surface area contributed by atoms with Crippen LogP contribution in [-0.4, -0.2) is 17.4 Å². The summed E-state index contributed by atoms with van der Waals surface area (Å²) in [6, 6.07) is 12.8. The van der Waals surface area contributed by atoms with Crippen LogP contribution in [-0.2, 0) is 16.1 Å². The van der Waals surface area contributed by atoms with Crippen LogP contribution in [0.3, 0.4) is 0 Å². The zero-order valence-corrected chi connectivity index (χ0v) is 11.7. The van der Waals surface area contributed by atoms with Gasteiger partial charge in [0.1, 0.15) is 23.9 Å². The maximum atomic E-state index is 11.4. The Labute approximate surface area is 127 Å². The standard InChI is InChI=1S/C17H14O5/c18-11-6-13(20-9-10-4-2-1-3-5-10)16-12-8-15(19)22-17(12)21-14(16)7-11/h1-7,12,17-18H,8-9H2. The van der Waals surface area contributed by atoms with Gasteiger partial charge in [0.15, 0.2) is 0 Å². The summed E-state index contributed by atoms with van der Waals surface area (Å²) in [5.74, 6) is 0.667. The van der Waals surface area contributed by atoms with Gasteiger partial charge in [-0.25, -0.2) is 0 Å². The van der Waals surface area contributed by atoms with Gasteiger partial charge in [-0.05, 0) is 5.56 Å². The maximum Gasteiger partial charge on any atom is 0.309 e. The lowest BCUT2D eigenvalue weighted by atomic mass is 9.97. The number of aromatic hydroxyl groups is 1. The first kappa shape index (κ1) is 13.0. The highest BCUT2D eigenvalue weighted by atomic mass is 16.7. The molecule has 2 atom stereocenters. The largest absolute Gasteiger partial charge is 0.508 e. The molecule has 0 radical (unpaired) electrons. The van der Waals surface area contributed by atoms with Crippen LogP contribution in [0.5, 0.6) is 17.2 Å². The highest BCUT2D eigenvalue weighted by molar-refractivity contribution is 5.75. The third-order valence-corrected chi connectivity index (χ3v) is 3.90. The Bertz CT molecular complexity index is 725. The van der Waals surface area contributed by atoms with Crippen molar-refractivity contribution in [2.75, 3.05) is 0 Å². The zero-order chi connectivity index (χ0) is 15.1. The Morgan fingerprint density at radius 2 is 2.00 bits per heavy atom. The predicted molar refractivity (Wildman–Crippen MR) is 76.7 cm³/mol. The molecule has 2 aliphatic rings. The van der Waals surface area contributed by atoms with Gasteiger partial charge in [-0.1, -0.05) is 30.3 Å². The molecular weight excluding hydrogens is 284 g/mol. The average molecular weight is 298 g/mol. The molecule has 2 heterocycles. The van der Waals surface area contributed by atoms with Crippen molar-refractivity contribution >= 4 is 5.97 Å². The Balaban J connectivity index is 1.64. The van der Waals surface area contributed by atoms with E-state index in [0.717, 1.165) is 11.1 Å². The lowest BCUT2D eigenvalue weighted by Gasteiger charge is -2.12. The third-order valence-electron chi connectivity index (χ3n) is 3.90. The van der Waals surface area contributed by atoms with Gasteiger partial charge >= 0.3 is 5.97 Å². The minimum absolute atomic E-state index is 0.0631. The third kappa shape index (κ3) is 2.15. The molecule has 2 aliphatic heterocycles. The minimum Gasteiger partial charge on any atom is -0.508 e. The fraction of sp³-hybridized carbons (Fsp3) is 0.235. The fourth-order valence-electron chi connectivity index (χ4n) is 2.91. The number of hydrogen-bond donors (Lipinski definition) is 1. The lowest BCUT2D eigenvalue weighted by Crippen LogP contribution is -2.14. The lowest BCUT2D eigenvalue weighted by molar-refractivity contribution is -0.150. The van der Waals surface area contributed by atoms with E-state index in [1.54, 1.807) is 6.07 Å². The summed E-state index contributed by atoms with van der Waals surface area (Å²) in [7, 11) is 0. The summed E-state index contributed by atoms with van der Waals surface area (Å²) in [4.78, 5) is 11.4. The van der Waals surface area contributed by atoms with E-state index in [-0.39, 0.29) is 24.1 Å². The molecule has 0 aliphatic carbocycles. The topological polar surface area (TPSA) is 65.0 Å². The molecule has 0 spiro atoms. The summed E-state index contributed by atoms with van der Waals surface area (Å²) in [5, 5.41) is 9.82. The molecule has 22 heavy (non-hydrogen) atoms. The van der Waals surface area contributed by atoms with E-state index >= 15 is 0 Å². The van der Waals surface area contributed by atoms with Crippen LogP contribution < -0.4 is 9.47 Å². The molecule has 2 unspecified atom stereocenters. The number of carbonyl (C=O) groups excluding carboxylic acids is 1. The van der Waals surface area contributed by atoms with Gasteiger partial charge in [-0.2, -0.15) is 0 Å². The predicted octanol–water partition coefficient (Wildman–Crippen LogP) is 2.72. The quantitative estimate of drug-likeness (QED) is 0.883. The van der Waals surface area contributed by atoms with Gasteiger partial charge in [0, 0.05) is 17.7 Å². The Kier molecular flexibility index (Phi) is 2.92. The van der Waals surface area contributed by atoms with Crippen LogP contribution in [0.15, 0.2) is 42.5 Å². The molecule has 1 N–H and O–H groups in total. The van der Waals surface area contributed by atoms with Gasteiger partial charge in [-0.3, -0.25) is 4.79 Å². The first-order valence-corrected chi connectivity index (χ1v) is 7.10. The molecule has 1 saturated heterocycles. The van der Waals surface area contributed by atoms with Crippen molar-refractivity contribution in [1.29, 1.82) is 0 Å². The smallest absolute Gasteiger partial charge is 0.309 e. The highest BCUT2D eigenvalue weighted by Gasteiger charge is 2.46. The second-order valence-corrected chi connectivity index (χ2v) is 5.42. The molecule has 1 fully saturated rings. The van der Waals surface area contributed by atoms with Crippen molar-refractivity contribution in [1.82, 2.24) is 0 Å². The maximum absolute atomic E-state index is 11.4. The molecule has 112 valence electrons. The Hall–Kier alpha value is -2.69. The summed E-state index contributed by atoms with van der Waals surface area (Å²) >= 11 is 0. The SMILES string of the molecule is O=C1CC2c3c(OCc4ccccc4)cc(O)cc3OC2O1. The highest BCUT2D eigenvalue weighted by Crippen LogP contribution is 2.50. The van der Waals surface area contributed by atoms with Crippen molar-refractivity contribution in [2.24, 2.45) is 0 Å². The molecule has 0 bridgehead atoms. The molecule has 2 aromatic rings. The second kappa shape index (κ2) is 4.94. The van der Waals surface area contributed by atoms with Crippen LogP contribution in [0, 0.1) is 0 Å². The average Bonchev–Trinajstić information content (AvgIpc) is 3.01. The van der Waals surface area contributed by atoms with Gasteiger partial charge in [0.25, 0.3) is 6.29 Å². The fourth-order valence-corrected chi connectivity index (χ4v) is 2.91. The van der Waals surface area contributed by atoms with E-state index in [2.05, 4.69) is 0 Å². The number of benzene rings is 2. The molecule has 0 saturated carbocycles. The number of ether oxygens (including phenoxy) is 3. The summed E-state index contributed by atoms with van der Waals surface area (Å²) in [5.41, 5.74) is 1.82. The summed E-state index contributed by atoms with van der Waals surface area (Å²) in [6.45, 7) is 0.378. The summed E-state index contributed by atoms with van der Waals surface area (Å²) in [6.07, 6.45) is -0.340. The number of carbonyl (C=O) groups is 1. The zero-order valence-electron chi connectivity index (χ0n) is 11.7. The van der Waals surface area contributed by atoms with Crippen molar-refractivity contribution in [3.8, 4) is 17.2 Å². The van der Waals surface area contributed by atoms with E-state index in [4.69, 9.17) is 14.2 Å². The number of esters is 1. The van der Waals surface area contributed by atoms with Crippen molar-refractivity contribution in [3.05, 3.63) is 53.6 Å². The monoisotopic (exact) mass is 298 g/mol. The van der Waals surface area contributed by atoms with E-state index in [1.807, 2.05) is 30.3 Å². The number of fused-ring (bicyclic) bond motifs is 3. The van der Waals surface area contributed by atoms with Crippen LogP contribution in [0.2, 0.25) is 0 Å². The van der Waals surface area contributed by atoms with Crippen LogP contribution in [0.1, 0.15) is 23.5 Å². The Morgan fingerprint density at radius 3 is 2.82 bits per heavy atom. The van der Waals surface area contributed by atoms with Gasteiger partial charge < -0.3 is 19.3 Å². The van der Waals surface area contributed by atoms with Crippen LogP contribution in [0.4, 0.5) is 0 Å². The van der Waals surface area contributed by atoms with Gasteiger partial charge in [0.05, 0.1) is 12.3 Å². The molecule has 2 aromatic carbocycles. The van der Waals surface area contributed by atoms with Crippen molar-refractivity contribution in [2.45, 2.75) is 25.2 Å². The van der Waals surface area contributed by atoms with E-state index in [0.29, 0.717) is 18.1 Å². The number of rotatable bonds is 3. The van der Waals surface area contributed by atoms with Gasteiger partial charge in [-0.15, -0.1) is 0 Å². The first-order valence-electron chi connectivity index (χ1n) is 7.10.